The van der Waals surface area contributed by atoms with Crippen LogP contribution < -0.4 is 10.1 Å². The second kappa shape index (κ2) is 8.56. The molecular formula is C17H15FN2O6. The minimum Gasteiger partial charge on any atom is -0.497 e. The Hall–Kier alpha value is -3.49. The van der Waals surface area contributed by atoms with Crippen molar-refractivity contribution in [3.63, 3.8) is 0 Å². The molecular weight excluding hydrogens is 347 g/mol. The Bertz CT molecular complexity index is 840. The second-order valence-corrected chi connectivity index (χ2v) is 5.16. The molecule has 0 saturated heterocycles. The fourth-order valence-corrected chi connectivity index (χ4v) is 2.06. The van der Waals surface area contributed by atoms with Crippen LogP contribution in [0.2, 0.25) is 0 Å². The summed E-state index contributed by atoms with van der Waals surface area (Å²) in [5, 5.41) is 12.8. The maximum absolute atomic E-state index is 13.6. The minimum absolute atomic E-state index is 0.0738. The number of amides is 1. The fraction of sp³-hybridized carbons (Fsp3) is 0.176. The van der Waals surface area contributed by atoms with Crippen LogP contribution in [0.5, 0.6) is 5.75 Å². The van der Waals surface area contributed by atoms with Crippen molar-refractivity contribution in [2.24, 2.45) is 0 Å². The van der Waals surface area contributed by atoms with Gasteiger partial charge in [-0.1, -0.05) is 12.1 Å². The molecule has 9 heteroatoms. The number of hydrogen-bond acceptors (Lipinski definition) is 6. The van der Waals surface area contributed by atoms with Gasteiger partial charge in [-0.2, -0.15) is 0 Å². The Morgan fingerprint density at radius 2 is 2.00 bits per heavy atom. The first-order valence-corrected chi connectivity index (χ1v) is 7.41. The van der Waals surface area contributed by atoms with Crippen LogP contribution >= 0.6 is 0 Å². The number of esters is 1. The van der Waals surface area contributed by atoms with Crippen LogP contribution in [0.3, 0.4) is 0 Å². The zero-order valence-corrected chi connectivity index (χ0v) is 13.7. The van der Waals surface area contributed by atoms with Gasteiger partial charge in [-0.25, -0.2) is 4.39 Å². The normalized spacial score (nSPS) is 10.1. The van der Waals surface area contributed by atoms with Gasteiger partial charge in [0, 0.05) is 12.1 Å². The minimum atomic E-state index is -0.841. The molecule has 0 saturated carbocycles. The SMILES string of the molecule is COc1cccc(CC(=O)OCC(=O)Nc2cc([N+](=O)[O-])ccc2F)c1. The number of methoxy groups -OCH3 is 1. The lowest BCUT2D eigenvalue weighted by Crippen LogP contribution is -2.22. The summed E-state index contributed by atoms with van der Waals surface area (Å²) in [5.74, 6) is -1.74. The standard InChI is InChI=1S/C17H15FN2O6/c1-25-13-4-2-3-11(7-13)8-17(22)26-10-16(21)19-15-9-12(20(23)24)5-6-14(15)18/h2-7,9H,8,10H2,1H3,(H,19,21). The molecule has 2 aromatic rings. The van der Waals surface area contributed by atoms with E-state index in [0.29, 0.717) is 11.3 Å². The van der Waals surface area contributed by atoms with Gasteiger partial charge in [0.2, 0.25) is 0 Å². The van der Waals surface area contributed by atoms with Gasteiger partial charge in [0.15, 0.2) is 6.61 Å². The topological polar surface area (TPSA) is 108 Å². The summed E-state index contributed by atoms with van der Waals surface area (Å²) in [6.07, 6.45) is -0.0738. The van der Waals surface area contributed by atoms with Crippen molar-refractivity contribution in [2.75, 3.05) is 19.0 Å². The predicted octanol–water partition coefficient (Wildman–Crippen LogP) is 2.47. The maximum Gasteiger partial charge on any atom is 0.310 e. The molecule has 2 rings (SSSR count). The van der Waals surface area contributed by atoms with E-state index < -0.39 is 29.2 Å². The number of nitrogens with zero attached hydrogens (tertiary/aromatic N) is 1. The molecule has 0 atom stereocenters. The van der Waals surface area contributed by atoms with Crippen LogP contribution in [0.1, 0.15) is 5.56 Å². The van der Waals surface area contributed by atoms with E-state index >= 15 is 0 Å². The van der Waals surface area contributed by atoms with E-state index in [2.05, 4.69) is 5.32 Å². The molecule has 0 radical (unpaired) electrons. The number of nitrogens with one attached hydrogen (secondary N) is 1. The first kappa shape index (κ1) is 18.8. The molecule has 136 valence electrons. The highest BCUT2D eigenvalue weighted by Crippen LogP contribution is 2.21. The summed E-state index contributed by atoms with van der Waals surface area (Å²) in [4.78, 5) is 33.5. The fourth-order valence-electron chi connectivity index (χ4n) is 2.06. The zero-order valence-electron chi connectivity index (χ0n) is 13.7. The van der Waals surface area contributed by atoms with Gasteiger partial charge in [-0.3, -0.25) is 19.7 Å². The van der Waals surface area contributed by atoms with E-state index in [1.54, 1.807) is 24.3 Å². The third-order valence-corrected chi connectivity index (χ3v) is 3.28. The molecule has 0 bridgehead atoms. The lowest BCUT2D eigenvalue weighted by atomic mass is 10.1. The summed E-state index contributed by atoms with van der Waals surface area (Å²) < 4.78 is 23.5. The highest BCUT2D eigenvalue weighted by Gasteiger charge is 2.14. The number of carbonyl (C=O) groups excluding carboxylic acids is 2. The molecule has 0 aromatic heterocycles. The molecule has 0 unspecified atom stereocenters. The molecule has 0 aliphatic carbocycles. The van der Waals surface area contributed by atoms with Gasteiger partial charge in [0.1, 0.15) is 11.6 Å². The summed E-state index contributed by atoms with van der Waals surface area (Å²) in [7, 11) is 1.49. The monoisotopic (exact) mass is 362 g/mol. The van der Waals surface area contributed by atoms with E-state index in [0.717, 1.165) is 18.2 Å². The number of non-ortho nitro benzene ring substituents is 1. The van der Waals surface area contributed by atoms with E-state index in [9.17, 15) is 24.1 Å². The van der Waals surface area contributed by atoms with E-state index in [4.69, 9.17) is 9.47 Å². The lowest BCUT2D eigenvalue weighted by Gasteiger charge is -2.08. The molecule has 0 heterocycles. The predicted molar refractivity (Wildman–Crippen MR) is 89.3 cm³/mol. The van der Waals surface area contributed by atoms with Crippen molar-refractivity contribution >= 4 is 23.3 Å². The highest BCUT2D eigenvalue weighted by molar-refractivity contribution is 5.93. The summed E-state index contributed by atoms with van der Waals surface area (Å²) >= 11 is 0. The van der Waals surface area contributed by atoms with Crippen molar-refractivity contribution < 1.29 is 28.4 Å². The van der Waals surface area contributed by atoms with Crippen LogP contribution in [0.25, 0.3) is 0 Å². The van der Waals surface area contributed by atoms with Crippen molar-refractivity contribution in [3.8, 4) is 5.75 Å². The van der Waals surface area contributed by atoms with Crippen LogP contribution in [0, 0.1) is 15.9 Å². The maximum atomic E-state index is 13.6. The Kier molecular flexibility index (Phi) is 6.20. The zero-order chi connectivity index (χ0) is 19.1. The Labute approximate surface area is 147 Å². The smallest absolute Gasteiger partial charge is 0.310 e. The number of benzene rings is 2. The van der Waals surface area contributed by atoms with Crippen molar-refractivity contribution in [3.05, 3.63) is 64.0 Å². The van der Waals surface area contributed by atoms with E-state index in [-0.39, 0.29) is 17.8 Å². The Morgan fingerprint density at radius 3 is 2.69 bits per heavy atom. The second-order valence-electron chi connectivity index (χ2n) is 5.16. The number of hydrogen-bond donors (Lipinski definition) is 1. The number of nitro benzene ring substituents is 1. The number of nitro groups is 1. The number of anilines is 1. The van der Waals surface area contributed by atoms with Crippen LogP contribution in [-0.2, 0) is 20.7 Å². The van der Waals surface area contributed by atoms with Crippen LogP contribution in [0.15, 0.2) is 42.5 Å². The van der Waals surface area contributed by atoms with Crippen molar-refractivity contribution in [2.45, 2.75) is 6.42 Å². The molecule has 0 fully saturated rings. The van der Waals surface area contributed by atoms with Gasteiger partial charge < -0.3 is 14.8 Å². The van der Waals surface area contributed by atoms with Gasteiger partial charge in [0.25, 0.3) is 11.6 Å². The lowest BCUT2D eigenvalue weighted by molar-refractivity contribution is -0.384. The van der Waals surface area contributed by atoms with Crippen LogP contribution in [0.4, 0.5) is 15.8 Å². The number of halogens is 1. The number of rotatable bonds is 7. The summed E-state index contributed by atoms with van der Waals surface area (Å²) in [5.41, 5.74) is -0.107. The highest BCUT2D eigenvalue weighted by atomic mass is 19.1. The largest absolute Gasteiger partial charge is 0.497 e. The van der Waals surface area contributed by atoms with E-state index in [1.807, 2.05) is 0 Å². The molecule has 8 nitrogen and oxygen atoms in total. The first-order valence-electron chi connectivity index (χ1n) is 7.41. The van der Waals surface area contributed by atoms with Crippen molar-refractivity contribution in [1.82, 2.24) is 0 Å². The average Bonchev–Trinajstić information content (AvgIpc) is 2.61. The number of carbonyl (C=O) groups is 2. The average molecular weight is 362 g/mol. The molecule has 0 aliphatic rings. The third kappa shape index (κ3) is 5.26. The molecule has 1 N–H and O–H groups in total. The molecule has 0 spiro atoms. The van der Waals surface area contributed by atoms with E-state index in [1.165, 1.54) is 7.11 Å². The molecule has 1 amide bonds. The molecule has 26 heavy (non-hydrogen) atoms. The van der Waals surface area contributed by atoms with Gasteiger partial charge in [-0.15, -0.1) is 0 Å². The molecule has 0 aliphatic heterocycles. The Balaban J connectivity index is 1.89. The quantitative estimate of drug-likeness (QED) is 0.460. The van der Waals surface area contributed by atoms with Gasteiger partial charge >= 0.3 is 5.97 Å². The summed E-state index contributed by atoms with van der Waals surface area (Å²) in [6, 6.07) is 9.49. The van der Waals surface area contributed by atoms with Crippen molar-refractivity contribution in [1.29, 1.82) is 0 Å². The number of ether oxygens (including phenoxy) is 2. The molecule has 2 aromatic carbocycles. The van der Waals surface area contributed by atoms with Gasteiger partial charge in [-0.05, 0) is 23.8 Å². The van der Waals surface area contributed by atoms with Gasteiger partial charge in [0.05, 0.1) is 24.1 Å². The van der Waals surface area contributed by atoms with Crippen LogP contribution in [-0.4, -0.2) is 30.5 Å². The Morgan fingerprint density at radius 1 is 1.23 bits per heavy atom. The third-order valence-electron chi connectivity index (χ3n) is 3.28. The first-order chi connectivity index (χ1) is 12.4. The summed E-state index contributed by atoms with van der Waals surface area (Å²) in [6.45, 7) is -0.648.